The summed E-state index contributed by atoms with van der Waals surface area (Å²) in [6.45, 7) is 2.01. The molecule has 3 aromatic carbocycles. The van der Waals surface area contributed by atoms with Crippen molar-refractivity contribution in [3.63, 3.8) is 0 Å². The second kappa shape index (κ2) is 7.48. The highest BCUT2D eigenvalue weighted by atomic mass is 35.5. The van der Waals surface area contributed by atoms with E-state index in [0.717, 1.165) is 28.1 Å². The summed E-state index contributed by atoms with van der Waals surface area (Å²) in [6, 6.07) is 23.8. The molecule has 0 amide bonds. The summed E-state index contributed by atoms with van der Waals surface area (Å²) in [5.74, 6) is 0. The lowest BCUT2D eigenvalue weighted by Crippen LogP contribution is -2.16. The predicted molar refractivity (Wildman–Crippen MR) is 116 cm³/mol. The van der Waals surface area contributed by atoms with Gasteiger partial charge in [-0.05, 0) is 43.3 Å². The van der Waals surface area contributed by atoms with Crippen LogP contribution in [0.25, 0.3) is 28.2 Å². The van der Waals surface area contributed by atoms with Crippen LogP contribution in [0.15, 0.2) is 83.8 Å². The quantitative estimate of drug-likeness (QED) is 0.511. The summed E-state index contributed by atoms with van der Waals surface area (Å²) in [7, 11) is -3.93. The van der Waals surface area contributed by atoms with E-state index in [4.69, 9.17) is 21.8 Å². The van der Waals surface area contributed by atoms with Gasteiger partial charge in [-0.25, -0.2) is 18.2 Å². The van der Waals surface area contributed by atoms with Crippen molar-refractivity contribution in [2.24, 2.45) is 5.14 Å². The highest BCUT2D eigenvalue weighted by Crippen LogP contribution is 2.31. The lowest BCUT2D eigenvalue weighted by Gasteiger charge is -2.11. The van der Waals surface area contributed by atoms with Crippen LogP contribution in [0.4, 0.5) is 0 Å². The molecular weight excluding hydrogens is 406 g/mol. The molecule has 0 aliphatic carbocycles. The normalized spacial score (nSPS) is 11.6. The van der Waals surface area contributed by atoms with Gasteiger partial charge in [0.2, 0.25) is 10.0 Å². The fraction of sp³-hybridized carbons (Fsp3) is 0.0455. The topological polar surface area (TPSA) is 78.0 Å². The van der Waals surface area contributed by atoms with E-state index in [-0.39, 0.29) is 4.90 Å². The van der Waals surface area contributed by atoms with E-state index in [1.807, 2.05) is 49.4 Å². The lowest BCUT2D eigenvalue weighted by molar-refractivity contribution is 0.596. The van der Waals surface area contributed by atoms with E-state index in [2.05, 4.69) is 0 Å². The van der Waals surface area contributed by atoms with Gasteiger partial charge in [0.1, 0.15) is 4.90 Å². The van der Waals surface area contributed by atoms with Gasteiger partial charge >= 0.3 is 0 Å². The van der Waals surface area contributed by atoms with Crippen LogP contribution in [0.5, 0.6) is 0 Å². The summed E-state index contributed by atoms with van der Waals surface area (Å²) in [4.78, 5) is 0.00843. The third kappa shape index (κ3) is 3.96. The summed E-state index contributed by atoms with van der Waals surface area (Å²) < 4.78 is 25.9. The molecule has 0 fully saturated rings. The van der Waals surface area contributed by atoms with Crippen molar-refractivity contribution in [2.45, 2.75) is 11.8 Å². The van der Waals surface area contributed by atoms with Crippen molar-refractivity contribution < 1.29 is 8.42 Å². The molecule has 0 saturated heterocycles. The van der Waals surface area contributed by atoms with Crippen LogP contribution in [-0.2, 0) is 10.0 Å². The molecule has 0 saturated carbocycles. The first kappa shape index (κ1) is 19.4. The highest BCUT2D eigenvalue weighted by Gasteiger charge is 2.20. The zero-order valence-corrected chi connectivity index (χ0v) is 17.2. The van der Waals surface area contributed by atoms with E-state index in [0.29, 0.717) is 10.7 Å². The molecule has 7 heteroatoms. The first-order valence-corrected chi connectivity index (χ1v) is 10.8. The molecule has 4 aromatic rings. The number of hydrogen-bond acceptors (Lipinski definition) is 3. The van der Waals surface area contributed by atoms with Crippen LogP contribution < -0.4 is 5.14 Å². The SMILES string of the molecule is Cc1cccc(-c2cc(-c3ccc(Cl)cc3)n(-c3ccccc3S(N)(=O)=O)n2)c1. The minimum absolute atomic E-state index is 0.00843. The lowest BCUT2D eigenvalue weighted by atomic mass is 10.1. The number of hydrogen-bond donors (Lipinski definition) is 1. The van der Waals surface area contributed by atoms with Crippen molar-refractivity contribution in [2.75, 3.05) is 0 Å². The van der Waals surface area contributed by atoms with Gasteiger partial charge < -0.3 is 0 Å². The second-order valence-corrected chi connectivity index (χ2v) is 8.68. The van der Waals surface area contributed by atoms with Gasteiger partial charge in [0, 0.05) is 16.1 Å². The van der Waals surface area contributed by atoms with Crippen LogP contribution in [0, 0.1) is 6.92 Å². The molecule has 0 bridgehead atoms. The van der Waals surface area contributed by atoms with Crippen LogP contribution in [0.3, 0.4) is 0 Å². The molecule has 0 atom stereocenters. The van der Waals surface area contributed by atoms with Gasteiger partial charge in [-0.1, -0.05) is 59.6 Å². The van der Waals surface area contributed by atoms with Crippen LogP contribution >= 0.6 is 11.6 Å². The minimum Gasteiger partial charge on any atom is -0.231 e. The number of sulfonamides is 1. The number of halogens is 1. The fourth-order valence-electron chi connectivity index (χ4n) is 3.21. The Morgan fingerprint density at radius 2 is 1.62 bits per heavy atom. The molecule has 0 spiro atoms. The third-order valence-electron chi connectivity index (χ3n) is 4.56. The zero-order chi connectivity index (χ0) is 20.6. The maximum Gasteiger partial charge on any atom is 0.240 e. The number of benzene rings is 3. The number of nitrogens with zero attached hydrogens (tertiary/aromatic N) is 2. The standard InChI is InChI=1S/C22H18ClN3O2S/c1-15-5-4-6-17(13-15)19-14-21(16-9-11-18(23)12-10-16)26(25-19)20-7-2-3-8-22(20)29(24,27)28/h2-14H,1H3,(H2,24,27,28). The van der Waals surface area contributed by atoms with Gasteiger partial charge in [-0.15, -0.1) is 0 Å². The molecule has 1 heterocycles. The Morgan fingerprint density at radius 3 is 2.31 bits per heavy atom. The van der Waals surface area contributed by atoms with Crippen molar-refractivity contribution in [3.8, 4) is 28.2 Å². The van der Waals surface area contributed by atoms with Crippen LogP contribution in [0.2, 0.25) is 5.02 Å². The molecule has 2 N–H and O–H groups in total. The van der Waals surface area contributed by atoms with Crippen molar-refractivity contribution in [3.05, 3.63) is 89.4 Å². The Hall–Kier alpha value is -2.93. The van der Waals surface area contributed by atoms with Gasteiger partial charge in [0.15, 0.2) is 0 Å². The molecule has 29 heavy (non-hydrogen) atoms. The minimum atomic E-state index is -3.93. The van der Waals surface area contributed by atoms with E-state index >= 15 is 0 Å². The first-order chi connectivity index (χ1) is 13.8. The first-order valence-electron chi connectivity index (χ1n) is 8.88. The largest absolute Gasteiger partial charge is 0.240 e. The molecule has 0 aliphatic heterocycles. The maximum atomic E-state index is 12.2. The van der Waals surface area contributed by atoms with Crippen molar-refractivity contribution in [1.82, 2.24) is 9.78 Å². The van der Waals surface area contributed by atoms with E-state index in [9.17, 15) is 8.42 Å². The van der Waals surface area contributed by atoms with Gasteiger partial charge in [0.25, 0.3) is 0 Å². The summed E-state index contributed by atoms with van der Waals surface area (Å²) in [5, 5.41) is 10.8. The highest BCUT2D eigenvalue weighted by molar-refractivity contribution is 7.89. The number of primary sulfonamides is 1. The van der Waals surface area contributed by atoms with Crippen molar-refractivity contribution >= 4 is 21.6 Å². The Kier molecular flexibility index (Phi) is 5.00. The molecule has 1 aromatic heterocycles. The van der Waals surface area contributed by atoms with Gasteiger partial charge in [0.05, 0.1) is 17.1 Å². The van der Waals surface area contributed by atoms with Gasteiger partial charge in [-0.2, -0.15) is 5.10 Å². The number of rotatable bonds is 4. The Labute approximate surface area is 174 Å². The van der Waals surface area contributed by atoms with Crippen LogP contribution in [-0.4, -0.2) is 18.2 Å². The Morgan fingerprint density at radius 1 is 0.897 bits per heavy atom. The summed E-state index contributed by atoms with van der Waals surface area (Å²) in [6.07, 6.45) is 0. The van der Waals surface area contributed by atoms with Gasteiger partial charge in [-0.3, -0.25) is 0 Å². The Bertz CT molecular complexity index is 1300. The van der Waals surface area contributed by atoms with E-state index in [1.54, 1.807) is 35.0 Å². The average molecular weight is 424 g/mol. The van der Waals surface area contributed by atoms with Crippen molar-refractivity contribution in [1.29, 1.82) is 0 Å². The smallest absolute Gasteiger partial charge is 0.231 e. The molecule has 0 aliphatic rings. The van der Waals surface area contributed by atoms with Crippen LogP contribution in [0.1, 0.15) is 5.56 Å². The Balaban J connectivity index is 1.99. The molecule has 5 nitrogen and oxygen atoms in total. The van der Waals surface area contributed by atoms with E-state index < -0.39 is 10.0 Å². The number of aromatic nitrogens is 2. The molecule has 146 valence electrons. The van der Waals surface area contributed by atoms with E-state index in [1.165, 1.54) is 6.07 Å². The predicted octanol–water partition coefficient (Wildman–Crippen LogP) is 4.82. The molecule has 0 radical (unpaired) electrons. The maximum absolute atomic E-state index is 12.2. The monoisotopic (exact) mass is 423 g/mol. The average Bonchev–Trinajstić information content (AvgIpc) is 3.13. The summed E-state index contributed by atoms with van der Waals surface area (Å²) in [5.41, 5.74) is 4.74. The third-order valence-corrected chi connectivity index (χ3v) is 5.77. The fourth-order valence-corrected chi connectivity index (χ4v) is 4.05. The number of nitrogens with two attached hydrogens (primary N) is 1. The second-order valence-electron chi connectivity index (χ2n) is 6.72. The molecular formula is C22H18ClN3O2S. The molecule has 4 rings (SSSR count). The zero-order valence-electron chi connectivity index (χ0n) is 15.6. The number of para-hydroxylation sites is 1. The molecule has 0 unspecified atom stereocenters. The summed E-state index contributed by atoms with van der Waals surface area (Å²) >= 11 is 6.04. The number of aryl methyl sites for hydroxylation is 1.